The highest BCUT2D eigenvalue weighted by Gasteiger charge is 2.23. The van der Waals surface area contributed by atoms with Crippen LogP contribution in [0.15, 0.2) is 42.2 Å². The Bertz CT molecular complexity index is 1140. The predicted octanol–water partition coefficient (Wildman–Crippen LogP) is 1.71. The Hall–Kier alpha value is -3.63. The van der Waals surface area contributed by atoms with Crippen LogP contribution in [-0.2, 0) is 4.79 Å². The first-order valence-corrected chi connectivity index (χ1v) is 9.01. The zero-order chi connectivity index (χ0) is 20.4. The van der Waals surface area contributed by atoms with Crippen molar-refractivity contribution >= 4 is 52.6 Å². The zero-order valence-corrected chi connectivity index (χ0v) is 15.7. The number of aliphatic hydroxyl groups excluding tert-OH is 1. The van der Waals surface area contributed by atoms with E-state index in [0.29, 0.717) is 34.4 Å². The monoisotopic (exact) mass is 413 g/mol. The summed E-state index contributed by atoms with van der Waals surface area (Å²) in [7, 11) is 0. The van der Waals surface area contributed by atoms with Crippen molar-refractivity contribution in [3.05, 3.63) is 52.8 Å². The van der Waals surface area contributed by atoms with Crippen molar-refractivity contribution in [2.45, 2.75) is 0 Å². The number of rotatable bonds is 6. The highest BCUT2D eigenvalue weighted by atomic mass is 35.5. The molecule has 0 spiro atoms. The fourth-order valence-electron chi connectivity index (χ4n) is 2.81. The first-order valence-electron chi connectivity index (χ1n) is 8.63. The lowest BCUT2D eigenvalue weighted by Crippen LogP contribution is -2.22. The molecule has 0 radical (unpaired) electrons. The van der Waals surface area contributed by atoms with Crippen molar-refractivity contribution in [1.29, 1.82) is 0 Å². The van der Waals surface area contributed by atoms with Crippen LogP contribution in [0.25, 0.3) is 11.7 Å². The molecule has 1 aliphatic rings. The van der Waals surface area contributed by atoms with Gasteiger partial charge in [-0.25, -0.2) is 9.78 Å². The van der Waals surface area contributed by atoms with Gasteiger partial charge >= 0.3 is 6.03 Å². The molecule has 0 unspecified atom stereocenters. The number of fused-ring (bicyclic) bond motifs is 1. The van der Waals surface area contributed by atoms with E-state index in [-0.39, 0.29) is 12.3 Å². The molecule has 1 aromatic carbocycles. The standard InChI is InChI=1S/C18H16ClN7O3/c19-11-2-1-3-12(7-11)22-14-8-15(20-4-5-27)26-16(24-14)10(9-21-26)6-13-17(28)25-18(29)23-13/h1-3,6-9,20,27H,4-5H2,(H,22,24)(H2,23,25,28,29)/b13-6+. The SMILES string of the molecule is O=C1NC(=O)/C(=C\c2cnn3c(NCCO)cc(Nc4cccc(Cl)c4)nc23)N1. The summed E-state index contributed by atoms with van der Waals surface area (Å²) in [6.07, 6.45) is 3.02. The quantitative estimate of drug-likeness (QED) is 0.307. The largest absolute Gasteiger partial charge is 0.395 e. The molecule has 0 saturated carbocycles. The maximum absolute atomic E-state index is 11.8. The second-order valence-corrected chi connectivity index (χ2v) is 6.55. The summed E-state index contributed by atoms with van der Waals surface area (Å²) in [5.74, 6) is 0.555. The third kappa shape index (κ3) is 3.98. The number of aliphatic hydroxyl groups is 1. The molecule has 1 fully saturated rings. The van der Waals surface area contributed by atoms with E-state index in [1.165, 1.54) is 12.3 Å². The van der Waals surface area contributed by atoms with Crippen molar-refractivity contribution in [2.24, 2.45) is 0 Å². The van der Waals surface area contributed by atoms with Gasteiger partial charge in [0.15, 0.2) is 5.65 Å². The van der Waals surface area contributed by atoms with E-state index >= 15 is 0 Å². The zero-order valence-electron chi connectivity index (χ0n) is 14.9. The van der Waals surface area contributed by atoms with E-state index < -0.39 is 11.9 Å². The number of anilines is 3. The number of amides is 3. The molecule has 4 rings (SSSR count). The molecule has 29 heavy (non-hydrogen) atoms. The molecule has 2 aromatic heterocycles. The Morgan fingerprint density at radius 1 is 1.24 bits per heavy atom. The van der Waals surface area contributed by atoms with Crippen LogP contribution in [0.1, 0.15) is 5.56 Å². The summed E-state index contributed by atoms with van der Waals surface area (Å²) < 4.78 is 1.54. The summed E-state index contributed by atoms with van der Waals surface area (Å²) in [6, 6.07) is 8.32. The first-order chi connectivity index (χ1) is 14.0. The van der Waals surface area contributed by atoms with Crippen LogP contribution in [-0.4, -0.2) is 44.8 Å². The van der Waals surface area contributed by atoms with Crippen LogP contribution < -0.4 is 21.3 Å². The van der Waals surface area contributed by atoms with Crippen LogP contribution in [0.3, 0.4) is 0 Å². The van der Waals surface area contributed by atoms with Gasteiger partial charge in [-0.15, -0.1) is 0 Å². The van der Waals surface area contributed by atoms with Crippen LogP contribution in [0.2, 0.25) is 5.02 Å². The second-order valence-electron chi connectivity index (χ2n) is 6.11. The van der Waals surface area contributed by atoms with E-state index in [0.717, 1.165) is 5.69 Å². The summed E-state index contributed by atoms with van der Waals surface area (Å²) in [5, 5.41) is 24.8. The maximum atomic E-state index is 11.8. The van der Waals surface area contributed by atoms with Crippen molar-refractivity contribution < 1.29 is 14.7 Å². The van der Waals surface area contributed by atoms with Gasteiger partial charge in [0.25, 0.3) is 5.91 Å². The molecule has 1 saturated heterocycles. The normalized spacial score (nSPS) is 14.9. The number of hydrogen-bond donors (Lipinski definition) is 5. The number of nitrogens with zero attached hydrogens (tertiary/aromatic N) is 3. The number of imide groups is 1. The number of benzene rings is 1. The van der Waals surface area contributed by atoms with Gasteiger partial charge in [0.1, 0.15) is 17.3 Å². The Morgan fingerprint density at radius 2 is 2.10 bits per heavy atom. The molecule has 0 bridgehead atoms. The molecule has 3 heterocycles. The van der Waals surface area contributed by atoms with Crippen LogP contribution in [0, 0.1) is 0 Å². The van der Waals surface area contributed by atoms with Crippen LogP contribution in [0.4, 0.5) is 22.1 Å². The Balaban J connectivity index is 1.77. The van der Waals surface area contributed by atoms with Crippen molar-refractivity contribution in [3.63, 3.8) is 0 Å². The molecule has 3 amide bonds. The Labute approximate surface area is 169 Å². The molecule has 5 N–H and O–H groups in total. The van der Waals surface area contributed by atoms with Crippen LogP contribution in [0.5, 0.6) is 0 Å². The van der Waals surface area contributed by atoms with Crippen molar-refractivity contribution in [2.75, 3.05) is 23.8 Å². The number of aromatic nitrogens is 3. The smallest absolute Gasteiger partial charge is 0.326 e. The van der Waals surface area contributed by atoms with Gasteiger partial charge in [0.2, 0.25) is 0 Å². The number of hydrogen-bond acceptors (Lipinski definition) is 7. The molecule has 3 aromatic rings. The summed E-state index contributed by atoms with van der Waals surface area (Å²) in [5.41, 5.74) is 1.81. The van der Waals surface area contributed by atoms with E-state index in [4.69, 9.17) is 16.7 Å². The molecule has 0 aliphatic carbocycles. The molecule has 11 heteroatoms. The molecule has 0 atom stereocenters. The highest BCUT2D eigenvalue weighted by molar-refractivity contribution is 6.30. The number of carbonyl (C=O) groups is 2. The fraction of sp³-hybridized carbons (Fsp3) is 0.111. The Morgan fingerprint density at radius 3 is 2.83 bits per heavy atom. The molecular formula is C18H16ClN7O3. The van der Waals surface area contributed by atoms with Gasteiger partial charge in [0.05, 0.1) is 12.8 Å². The second kappa shape index (κ2) is 7.78. The van der Waals surface area contributed by atoms with Gasteiger partial charge in [-0.05, 0) is 24.3 Å². The first kappa shape index (κ1) is 18.7. The number of carbonyl (C=O) groups excluding carboxylic acids is 2. The van der Waals surface area contributed by atoms with Crippen molar-refractivity contribution in [1.82, 2.24) is 25.2 Å². The van der Waals surface area contributed by atoms with E-state index in [1.54, 1.807) is 22.7 Å². The third-order valence-corrected chi connectivity index (χ3v) is 4.27. The third-order valence-electron chi connectivity index (χ3n) is 4.03. The maximum Gasteiger partial charge on any atom is 0.326 e. The lowest BCUT2D eigenvalue weighted by Gasteiger charge is -2.11. The number of halogens is 1. The molecule has 1 aliphatic heterocycles. The minimum Gasteiger partial charge on any atom is -0.395 e. The minimum atomic E-state index is -0.584. The minimum absolute atomic E-state index is 0.0642. The average molecular weight is 414 g/mol. The van der Waals surface area contributed by atoms with Crippen molar-refractivity contribution in [3.8, 4) is 0 Å². The summed E-state index contributed by atoms with van der Waals surface area (Å²) in [4.78, 5) is 27.7. The number of urea groups is 1. The predicted molar refractivity (Wildman–Crippen MR) is 108 cm³/mol. The van der Waals surface area contributed by atoms with Gasteiger partial charge in [-0.2, -0.15) is 9.61 Å². The lowest BCUT2D eigenvalue weighted by molar-refractivity contribution is -0.115. The molecule has 10 nitrogen and oxygen atoms in total. The average Bonchev–Trinajstić information content (AvgIpc) is 3.22. The topological polar surface area (TPSA) is 133 Å². The number of nitrogens with one attached hydrogen (secondary N) is 4. The lowest BCUT2D eigenvalue weighted by atomic mass is 10.2. The summed E-state index contributed by atoms with van der Waals surface area (Å²) in [6.45, 7) is 0.246. The van der Waals surface area contributed by atoms with E-state index in [2.05, 4.69) is 31.3 Å². The summed E-state index contributed by atoms with van der Waals surface area (Å²) >= 11 is 6.04. The van der Waals surface area contributed by atoms with Gasteiger partial charge in [0, 0.05) is 28.9 Å². The van der Waals surface area contributed by atoms with Gasteiger partial charge < -0.3 is 21.1 Å². The van der Waals surface area contributed by atoms with Gasteiger partial charge in [-0.3, -0.25) is 10.1 Å². The fourth-order valence-corrected chi connectivity index (χ4v) is 3.00. The van der Waals surface area contributed by atoms with Gasteiger partial charge in [-0.1, -0.05) is 17.7 Å². The van der Waals surface area contributed by atoms with Crippen LogP contribution >= 0.6 is 11.6 Å². The molecule has 148 valence electrons. The molecular weight excluding hydrogens is 398 g/mol. The van der Waals surface area contributed by atoms with E-state index in [1.807, 2.05) is 12.1 Å². The highest BCUT2D eigenvalue weighted by Crippen LogP contribution is 2.24. The Kier molecular flexibility index (Phi) is 5.02. The van der Waals surface area contributed by atoms with E-state index in [9.17, 15) is 9.59 Å².